The molecule has 15 heavy (non-hydrogen) atoms. The molecule has 0 heterocycles. The molecule has 0 saturated carbocycles. The second-order valence-electron chi connectivity index (χ2n) is 3.34. The van der Waals surface area contributed by atoms with Crippen LogP contribution in [-0.4, -0.2) is 6.43 Å². The molecule has 0 bridgehead atoms. The van der Waals surface area contributed by atoms with Crippen molar-refractivity contribution in [2.45, 2.75) is 25.3 Å². The number of hydrogen-bond donors (Lipinski definition) is 1. The highest BCUT2D eigenvalue weighted by molar-refractivity contribution is 5.28. The molecule has 0 aliphatic carbocycles. The lowest BCUT2D eigenvalue weighted by atomic mass is 10.0. The molecule has 2 N–H and O–H groups in total. The molecular formula is C10H11F4N. The monoisotopic (exact) mass is 221 g/mol. The summed E-state index contributed by atoms with van der Waals surface area (Å²) in [7, 11) is 0. The standard InChI is InChI=1S/C10H11F4N/c1-6(15)7-3-2-4-8(5-7)10(13,14)9(11)12/h2-6,9H,15H2,1H3. The molecule has 1 atom stereocenters. The Labute approximate surface area is 84.9 Å². The highest BCUT2D eigenvalue weighted by Gasteiger charge is 2.42. The van der Waals surface area contributed by atoms with Crippen molar-refractivity contribution in [2.24, 2.45) is 5.73 Å². The molecule has 0 aromatic heterocycles. The quantitative estimate of drug-likeness (QED) is 0.780. The topological polar surface area (TPSA) is 26.0 Å². The van der Waals surface area contributed by atoms with E-state index in [1.165, 1.54) is 12.1 Å². The van der Waals surface area contributed by atoms with Crippen LogP contribution in [0, 0.1) is 0 Å². The molecule has 1 nitrogen and oxygen atoms in total. The fraction of sp³-hybridized carbons (Fsp3) is 0.400. The Morgan fingerprint density at radius 1 is 1.27 bits per heavy atom. The van der Waals surface area contributed by atoms with Crippen LogP contribution in [0.15, 0.2) is 24.3 Å². The van der Waals surface area contributed by atoms with Gasteiger partial charge in [-0.2, -0.15) is 8.78 Å². The van der Waals surface area contributed by atoms with Crippen molar-refractivity contribution in [2.75, 3.05) is 0 Å². The first-order chi connectivity index (χ1) is 6.85. The molecule has 0 spiro atoms. The Balaban J connectivity index is 3.10. The van der Waals surface area contributed by atoms with Gasteiger partial charge in [-0.1, -0.05) is 18.2 Å². The first-order valence-electron chi connectivity index (χ1n) is 4.37. The maximum absolute atomic E-state index is 12.9. The fourth-order valence-electron chi connectivity index (χ4n) is 1.16. The second-order valence-corrected chi connectivity index (χ2v) is 3.34. The minimum atomic E-state index is -4.12. The van der Waals surface area contributed by atoms with Crippen molar-refractivity contribution in [3.8, 4) is 0 Å². The predicted molar refractivity (Wildman–Crippen MR) is 48.9 cm³/mol. The maximum atomic E-state index is 12.9. The van der Waals surface area contributed by atoms with Gasteiger partial charge in [-0.05, 0) is 18.6 Å². The van der Waals surface area contributed by atoms with E-state index in [4.69, 9.17) is 5.73 Å². The van der Waals surface area contributed by atoms with Gasteiger partial charge in [-0.3, -0.25) is 0 Å². The predicted octanol–water partition coefficient (Wildman–Crippen LogP) is 3.06. The Morgan fingerprint density at radius 2 is 1.87 bits per heavy atom. The normalized spacial score (nSPS) is 14.3. The summed E-state index contributed by atoms with van der Waals surface area (Å²) in [5.41, 5.74) is 5.18. The second kappa shape index (κ2) is 4.18. The first-order valence-corrected chi connectivity index (χ1v) is 4.37. The molecule has 0 fully saturated rings. The van der Waals surface area contributed by atoms with E-state index in [0.717, 1.165) is 12.1 Å². The molecule has 1 aromatic carbocycles. The van der Waals surface area contributed by atoms with Crippen LogP contribution in [0.3, 0.4) is 0 Å². The van der Waals surface area contributed by atoms with Crippen LogP contribution in [0.5, 0.6) is 0 Å². The maximum Gasteiger partial charge on any atom is 0.332 e. The van der Waals surface area contributed by atoms with Gasteiger partial charge in [-0.25, -0.2) is 8.78 Å². The number of rotatable bonds is 3. The van der Waals surface area contributed by atoms with Gasteiger partial charge in [0.15, 0.2) is 0 Å². The van der Waals surface area contributed by atoms with Crippen LogP contribution < -0.4 is 5.73 Å². The number of nitrogens with two attached hydrogens (primary N) is 1. The summed E-state index contributed by atoms with van der Waals surface area (Å²) in [5, 5.41) is 0. The Morgan fingerprint density at radius 3 is 2.33 bits per heavy atom. The molecule has 1 aromatic rings. The van der Waals surface area contributed by atoms with Gasteiger partial charge < -0.3 is 5.73 Å². The van der Waals surface area contributed by atoms with E-state index in [0.29, 0.717) is 5.56 Å². The van der Waals surface area contributed by atoms with E-state index < -0.39 is 24.0 Å². The highest BCUT2D eigenvalue weighted by Crippen LogP contribution is 2.35. The lowest BCUT2D eigenvalue weighted by molar-refractivity contribution is -0.135. The third-order valence-corrected chi connectivity index (χ3v) is 2.07. The van der Waals surface area contributed by atoms with Crippen molar-refractivity contribution in [3.63, 3.8) is 0 Å². The molecule has 1 rings (SSSR count). The van der Waals surface area contributed by atoms with Crippen molar-refractivity contribution < 1.29 is 17.6 Å². The van der Waals surface area contributed by atoms with E-state index >= 15 is 0 Å². The van der Waals surface area contributed by atoms with Crippen molar-refractivity contribution in [1.82, 2.24) is 0 Å². The van der Waals surface area contributed by atoms with E-state index in [1.54, 1.807) is 6.92 Å². The number of benzene rings is 1. The SMILES string of the molecule is CC(N)c1cccc(C(F)(F)C(F)F)c1. The van der Waals surface area contributed by atoms with Crippen LogP contribution in [0.1, 0.15) is 24.1 Å². The molecule has 84 valence electrons. The van der Waals surface area contributed by atoms with Crippen molar-refractivity contribution in [1.29, 1.82) is 0 Å². The summed E-state index contributed by atoms with van der Waals surface area (Å²) in [5.74, 6) is -4.12. The van der Waals surface area contributed by atoms with Crippen LogP contribution >= 0.6 is 0 Å². The smallest absolute Gasteiger partial charge is 0.324 e. The Bertz CT molecular complexity index is 336. The zero-order valence-electron chi connectivity index (χ0n) is 8.05. The van der Waals surface area contributed by atoms with E-state index in [1.807, 2.05) is 0 Å². The first kappa shape index (κ1) is 12.0. The zero-order valence-corrected chi connectivity index (χ0v) is 8.05. The lowest BCUT2D eigenvalue weighted by Gasteiger charge is -2.17. The van der Waals surface area contributed by atoms with E-state index in [-0.39, 0.29) is 0 Å². The third kappa shape index (κ3) is 2.47. The lowest BCUT2D eigenvalue weighted by Crippen LogP contribution is -2.23. The van der Waals surface area contributed by atoms with Gasteiger partial charge in [0.05, 0.1) is 0 Å². The minimum absolute atomic E-state index is 0.410. The summed E-state index contributed by atoms with van der Waals surface area (Å²) >= 11 is 0. The Kier molecular flexibility index (Phi) is 3.34. The molecule has 1 unspecified atom stereocenters. The zero-order chi connectivity index (χ0) is 11.6. The van der Waals surface area contributed by atoms with Crippen LogP contribution in [0.2, 0.25) is 0 Å². The van der Waals surface area contributed by atoms with Crippen LogP contribution in [-0.2, 0) is 5.92 Å². The fourth-order valence-corrected chi connectivity index (χ4v) is 1.16. The van der Waals surface area contributed by atoms with Crippen molar-refractivity contribution in [3.05, 3.63) is 35.4 Å². The summed E-state index contributed by atoms with van der Waals surface area (Å²) in [6.45, 7) is 1.60. The highest BCUT2D eigenvalue weighted by atomic mass is 19.3. The largest absolute Gasteiger partial charge is 0.332 e. The van der Waals surface area contributed by atoms with E-state index in [2.05, 4.69) is 0 Å². The van der Waals surface area contributed by atoms with Crippen molar-refractivity contribution >= 4 is 0 Å². The molecular weight excluding hydrogens is 210 g/mol. The number of alkyl halides is 4. The molecule has 0 aliphatic heterocycles. The summed E-state index contributed by atoms with van der Waals surface area (Å²) in [6, 6.07) is 4.34. The van der Waals surface area contributed by atoms with Gasteiger partial charge in [0.1, 0.15) is 0 Å². The average Bonchev–Trinajstić information content (AvgIpc) is 2.17. The van der Waals surface area contributed by atoms with Gasteiger partial charge >= 0.3 is 12.3 Å². The molecule has 0 saturated heterocycles. The minimum Gasteiger partial charge on any atom is -0.324 e. The van der Waals surface area contributed by atoms with Gasteiger partial charge in [-0.15, -0.1) is 0 Å². The van der Waals surface area contributed by atoms with E-state index in [9.17, 15) is 17.6 Å². The van der Waals surface area contributed by atoms with Gasteiger partial charge in [0.25, 0.3) is 0 Å². The van der Waals surface area contributed by atoms with Gasteiger partial charge in [0.2, 0.25) is 0 Å². The summed E-state index contributed by atoms with van der Waals surface area (Å²) < 4.78 is 50.0. The molecule has 5 heteroatoms. The molecule has 0 radical (unpaired) electrons. The van der Waals surface area contributed by atoms with Crippen LogP contribution in [0.4, 0.5) is 17.6 Å². The number of halogens is 4. The molecule has 0 amide bonds. The summed E-state index contributed by atoms with van der Waals surface area (Å²) in [4.78, 5) is 0. The average molecular weight is 221 g/mol. The summed E-state index contributed by atoms with van der Waals surface area (Å²) in [6.07, 6.45) is -3.71. The van der Waals surface area contributed by atoms with Crippen LogP contribution in [0.25, 0.3) is 0 Å². The third-order valence-electron chi connectivity index (χ3n) is 2.07. The number of hydrogen-bond acceptors (Lipinski definition) is 1. The molecule has 0 aliphatic rings. The Hall–Kier alpha value is -1.10. The van der Waals surface area contributed by atoms with Gasteiger partial charge in [0, 0.05) is 11.6 Å².